The Morgan fingerprint density at radius 3 is 2.00 bits per heavy atom. The van der Waals surface area contributed by atoms with Crippen molar-refractivity contribution < 1.29 is 13.2 Å². The van der Waals surface area contributed by atoms with E-state index in [2.05, 4.69) is 0 Å². The molecule has 5 heteroatoms. The van der Waals surface area contributed by atoms with Gasteiger partial charge in [-0.05, 0) is 12.8 Å². The second-order valence-electron chi connectivity index (χ2n) is 3.14. The van der Waals surface area contributed by atoms with Gasteiger partial charge in [0.1, 0.15) is 10.9 Å². The van der Waals surface area contributed by atoms with Crippen LogP contribution in [-0.2, 0) is 14.8 Å². The maximum absolute atomic E-state index is 11.3. The van der Waals surface area contributed by atoms with E-state index in [1.807, 2.05) is 13.8 Å². The van der Waals surface area contributed by atoms with Crippen molar-refractivity contribution in [1.29, 1.82) is 0 Å². The zero-order valence-electron chi connectivity index (χ0n) is 7.41. The smallest absolute Gasteiger partial charge is 0.217 e. The lowest BCUT2D eigenvalue weighted by Gasteiger charge is -2.26. The molecular formula is C7H15NO3S. The molecule has 0 bridgehead atoms. The van der Waals surface area contributed by atoms with Crippen molar-refractivity contribution in [3.8, 4) is 0 Å². The Balaban J connectivity index is 2.99. The van der Waals surface area contributed by atoms with Gasteiger partial charge in [0.2, 0.25) is 10.0 Å². The third-order valence-corrected chi connectivity index (χ3v) is 4.66. The Bertz CT molecular complexity index is 252. The number of hydrogen-bond acceptors (Lipinski definition) is 3. The number of nitrogens with two attached hydrogens (primary N) is 1. The summed E-state index contributed by atoms with van der Waals surface area (Å²) in [6.45, 7) is 4.18. The maximum atomic E-state index is 11.3. The summed E-state index contributed by atoms with van der Waals surface area (Å²) in [5, 5.41) is 5.17. The summed E-state index contributed by atoms with van der Waals surface area (Å²) in [7, 11) is -3.49. The zero-order valence-corrected chi connectivity index (χ0v) is 8.23. The summed E-state index contributed by atoms with van der Waals surface area (Å²) in [5.74, 6) is 0. The molecule has 0 spiro atoms. The van der Waals surface area contributed by atoms with E-state index in [1.54, 1.807) is 0 Å². The van der Waals surface area contributed by atoms with Gasteiger partial charge in [-0.25, -0.2) is 13.6 Å². The normalized spacial score (nSPS) is 24.1. The third kappa shape index (κ3) is 1.36. The van der Waals surface area contributed by atoms with E-state index in [9.17, 15) is 8.42 Å². The molecule has 0 aromatic rings. The van der Waals surface area contributed by atoms with Crippen molar-refractivity contribution in [2.45, 2.75) is 37.5 Å². The number of hydrogen-bond donors (Lipinski definition) is 1. The molecule has 2 N–H and O–H groups in total. The molecule has 1 saturated heterocycles. The van der Waals surface area contributed by atoms with E-state index < -0.39 is 14.8 Å². The molecule has 1 rings (SSSR count). The molecule has 0 amide bonds. The van der Waals surface area contributed by atoms with E-state index in [4.69, 9.17) is 9.88 Å². The molecule has 1 unspecified atom stereocenters. The number of rotatable bonds is 4. The quantitative estimate of drug-likeness (QED) is 0.650. The standard InChI is InChI=1S/C7H15NO3S/c1-3-7(4-2,6-5-11-6)12(8,9)10/h6H,3-5H2,1-2H3,(H2,8,9,10). The highest BCUT2D eigenvalue weighted by Crippen LogP contribution is 2.36. The molecule has 72 valence electrons. The van der Waals surface area contributed by atoms with Crippen LogP contribution in [0.2, 0.25) is 0 Å². The van der Waals surface area contributed by atoms with E-state index in [0.29, 0.717) is 19.4 Å². The second-order valence-corrected chi connectivity index (χ2v) is 5.04. The first-order valence-electron chi connectivity index (χ1n) is 4.12. The van der Waals surface area contributed by atoms with Crippen LogP contribution in [0.25, 0.3) is 0 Å². The van der Waals surface area contributed by atoms with Crippen molar-refractivity contribution in [1.82, 2.24) is 0 Å². The average molecular weight is 193 g/mol. The largest absolute Gasteiger partial charge is 0.371 e. The summed E-state index contributed by atoms with van der Waals surface area (Å²) in [6.07, 6.45) is 0.863. The van der Waals surface area contributed by atoms with Crippen LogP contribution in [0.1, 0.15) is 26.7 Å². The van der Waals surface area contributed by atoms with Crippen molar-refractivity contribution in [3.63, 3.8) is 0 Å². The first-order chi connectivity index (χ1) is 5.48. The molecule has 0 saturated carbocycles. The molecule has 0 aromatic carbocycles. The summed E-state index contributed by atoms with van der Waals surface area (Å²) in [5.41, 5.74) is 0. The van der Waals surface area contributed by atoms with Crippen LogP contribution in [0.4, 0.5) is 0 Å². The Labute approximate surface area is 73.1 Å². The molecule has 1 heterocycles. The Kier molecular flexibility index (Phi) is 2.47. The highest BCUT2D eigenvalue weighted by Gasteiger charge is 2.52. The number of sulfonamides is 1. The monoisotopic (exact) mass is 193 g/mol. The van der Waals surface area contributed by atoms with Crippen LogP contribution in [0.5, 0.6) is 0 Å². The van der Waals surface area contributed by atoms with Crippen molar-refractivity contribution >= 4 is 10.0 Å². The van der Waals surface area contributed by atoms with Gasteiger partial charge in [-0.15, -0.1) is 0 Å². The van der Waals surface area contributed by atoms with Gasteiger partial charge in [0, 0.05) is 0 Å². The van der Waals surface area contributed by atoms with E-state index in [0.717, 1.165) is 0 Å². The van der Waals surface area contributed by atoms with Crippen LogP contribution < -0.4 is 5.14 Å². The highest BCUT2D eigenvalue weighted by atomic mass is 32.2. The molecule has 1 fully saturated rings. The fraction of sp³-hybridized carbons (Fsp3) is 1.00. The fourth-order valence-corrected chi connectivity index (χ4v) is 2.95. The minimum absolute atomic E-state index is 0.178. The van der Waals surface area contributed by atoms with Gasteiger partial charge in [0.05, 0.1) is 6.61 Å². The summed E-state index contributed by atoms with van der Waals surface area (Å²) in [6, 6.07) is 0. The lowest BCUT2D eigenvalue weighted by atomic mass is 9.99. The predicted molar refractivity (Wildman–Crippen MR) is 46.2 cm³/mol. The van der Waals surface area contributed by atoms with Gasteiger partial charge in [0.15, 0.2) is 0 Å². The van der Waals surface area contributed by atoms with E-state index in [1.165, 1.54) is 0 Å². The van der Waals surface area contributed by atoms with Crippen LogP contribution >= 0.6 is 0 Å². The van der Waals surface area contributed by atoms with Gasteiger partial charge < -0.3 is 4.74 Å². The van der Waals surface area contributed by atoms with Gasteiger partial charge in [0.25, 0.3) is 0 Å². The van der Waals surface area contributed by atoms with E-state index in [-0.39, 0.29) is 6.10 Å². The van der Waals surface area contributed by atoms with Crippen LogP contribution in [0.15, 0.2) is 0 Å². The van der Waals surface area contributed by atoms with Crippen LogP contribution in [0, 0.1) is 0 Å². The summed E-state index contributed by atoms with van der Waals surface area (Å²) < 4.78 is 26.8. The lowest BCUT2D eigenvalue weighted by Crippen LogP contribution is -2.47. The zero-order chi connectivity index (χ0) is 9.41. The lowest BCUT2D eigenvalue weighted by molar-refractivity contribution is 0.328. The Morgan fingerprint density at radius 2 is 1.92 bits per heavy atom. The van der Waals surface area contributed by atoms with Crippen molar-refractivity contribution in [2.24, 2.45) is 5.14 Å². The topological polar surface area (TPSA) is 72.7 Å². The summed E-state index contributed by atoms with van der Waals surface area (Å²) >= 11 is 0. The second kappa shape index (κ2) is 2.97. The van der Waals surface area contributed by atoms with Crippen LogP contribution in [-0.4, -0.2) is 25.9 Å². The molecule has 1 aliphatic heterocycles. The predicted octanol–water partition coefficient (Wildman–Crippen LogP) is 0.233. The molecule has 0 aromatic heterocycles. The highest BCUT2D eigenvalue weighted by molar-refractivity contribution is 7.90. The SMILES string of the molecule is CCC(CC)(C1CO1)S(N)(=O)=O. The first-order valence-corrected chi connectivity index (χ1v) is 5.66. The Morgan fingerprint density at radius 1 is 1.50 bits per heavy atom. The minimum atomic E-state index is -3.49. The van der Waals surface area contributed by atoms with Gasteiger partial charge in [-0.1, -0.05) is 13.8 Å². The molecule has 1 aliphatic rings. The van der Waals surface area contributed by atoms with Gasteiger partial charge >= 0.3 is 0 Å². The van der Waals surface area contributed by atoms with E-state index >= 15 is 0 Å². The molecule has 12 heavy (non-hydrogen) atoms. The first kappa shape index (κ1) is 9.95. The molecule has 0 aliphatic carbocycles. The summed E-state index contributed by atoms with van der Waals surface area (Å²) in [4.78, 5) is 0. The maximum Gasteiger partial charge on any atom is 0.217 e. The van der Waals surface area contributed by atoms with Crippen molar-refractivity contribution in [2.75, 3.05) is 6.61 Å². The molecule has 4 nitrogen and oxygen atoms in total. The third-order valence-electron chi connectivity index (χ3n) is 2.68. The number of epoxide rings is 1. The number of ether oxygens (including phenoxy) is 1. The molecule has 1 atom stereocenters. The van der Waals surface area contributed by atoms with Gasteiger partial charge in [-0.3, -0.25) is 0 Å². The average Bonchev–Trinajstić information content (AvgIpc) is 2.72. The van der Waals surface area contributed by atoms with Crippen molar-refractivity contribution in [3.05, 3.63) is 0 Å². The Hall–Kier alpha value is -0.130. The molecule has 0 radical (unpaired) electrons. The van der Waals surface area contributed by atoms with Crippen LogP contribution in [0.3, 0.4) is 0 Å². The minimum Gasteiger partial charge on any atom is -0.371 e. The van der Waals surface area contributed by atoms with Gasteiger partial charge in [-0.2, -0.15) is 0 Å². The fourth-order valence-electron chi connectivity index (χ4n) is 1.64. The molecular weight excluding hydrogens is 178 g/mol. The number of primary sulfonamides is 1.